The van der Waals surface area contributed by atoms with Gasteiger partial charge in [0, 0.05) is 36.0 Å². The van der Waals surface area contributed by atoms with E-state index in [0.717, 1.165) is 38.3 Å². The SMILES string of the molecule is CCCn1ccnc1CNCCc1c[nH]c2ccccc12. The van der Waals surface area contributed by atoms with Crippen LogP contribution in [0.4, 0.5) is 0 Å². The molecule has 0 fully saturated rings. The summed E-state index contributed by atoms with van der Waals surface area (Å²) in [5.74, 6) is 1.12. The van der Waals surface area contributed by atoms with Gasteiger partial charge in [0.05, 0.1) is 6.54 Å². The Balaban J connectivity index is 1.53. The van der Waals surface area contributed by atoms with E-state index in [1.54, 1.807) is 0 Å². The molecule has 0 aliphatic rings. The van der Waals surface area contributed by atoms with Gasteiger partial charge >= 0.3 is 0 Å². The molecule has 4 heteroatoms. The van der Waals surface area contributed by atoms with Crippen LogP contribution in [0, 0.1) is 0 Å². The summed E-state index contributed by atoms with van der Waals surface area (Å²) in [6.45, 7) is 5.02. The fraction of sp³-hybridized carbons (Fsp3) is 0.353. The molecule has 4 nitrogen and oxygen atoms in total. The van der Waals surface area contributed by atoms with Crippen molar-refractivity contribution in [2.24, 2.45) is 0 Å². The number of benzene rings is 1. The number of para-hydroxylation sites is 1. The Morgan fingerprint density at radius 3 is 3.10 bits per heavy atom. The second-order valence-corrected chi connectivity index (χ2v) is 5.32. The van der Waals surface area contributed by atoms with Gasteiger partial charge in [-0.05, 0) is 31.0 Å². The van der Waals surface area contributed by atoms with Crippen LogP contribution in [0.25, 0.3) is 10.9 Å². The van der Waals surface area contributed by atoms with Crippen molar-refractivity contribution in [3.63, 3.8) is 0 Å². The van der Waals surface area contributed by atoms with Crippen molar-refractivity contribution in [3.05, 3.63) is 54.2 Å². The highest BCUT2D eigenvalue weighted by molar-refractivity contribution is 5.83. The topological polar surface area (TPSA) is 45.6 Å². The van der Waals surface area contributed by atoms with E-state index < -0.39 is 0 Å². The molecule has 0 spiro atoms. The van der Waals surface area contributed by atoms with E-state index in [1.807, 2.05) is 6.20 Å². The van der Waals surface area contributed by atoms with E-state index in [0.29, 0.717) is 0 Å². The van der Waals surface area contributed by atoms with Gasteiger partial charge in [-0.15, -0.1) is 0 Å². The maximum absolute atomic E-state index is 4.41. The Hall–Kier alpha value is -2.07. The Labute approximate surface area is 125 Å². The van der Waals surface area contributed by atoms with Gasteiger partial charge in [0.15, 0.2) is 0 Å². The number of aromatic amines is 1. The third-order valence-electron chi connectivity index (χ3n) is 3.80. The van der Waals surface area contributed by atoms with Crippen LogP contribution in [-0.2, 0) is 19.5 Å². The van der Waals surface area contributed by atoms with Crippen molar-refractivity contribution in [1.29, 1.82) is 0 Å². The van der Waals surface area contributed by atoms with Crippen LogP contribution in [-0.4, -0.2) is 21.1 Å². The number of imidazole rings is 1. The number of nitrogens with zero attached hydrogens (tertiary/aromatic N) is 2. The molecule has 0 aliphatic carbocycles. The predicted molar refractivity (Wildman–Crippen MR) is 86.2 cm³/mol. The molecule has 3 rings (SSSR count). The molecule has 0 saturated heterocycles. The van der Waals surface area contributed by atoms with Gasteiger partial charge in [0.2, 0.25) is 0 Å². The molecule has 0 atom stereocenters. The summed E-state index contributed by atoms with van der Waals surface area (Å²) in [6.07, 6.45) is 8.22. The molecular weight excluding hydrogens is 260 g/mol. The predicted octanol–water partition coefficient (Wildman–Crippen LogP) is 3.11. The number of aromatic nitrogens is 3. The number of aryl methyl sites for hydroxylation is 1. The molecule has 1 aromatic carbocycles. The van der Waals surface area contributed by atoms with Gasteiger partial charge in [-0.2, -0.15) is 0 Å². The van der Waals surface area contributed by atoms with Crippen LogP contribution in [0.15, 0.2) is 42.9 Å². The molecule has 0 radical (unpaired) electrons. The molecule has 21 heavy (non-hydrogen) atoms. The number of hydrogen-bond donors (Lipinski definition) is 2. The van der Waals surface area contributed by atoms with Gasteiger partial charge in [-0.1, -0.05) is 25.1 Å². The van der Waals surface area contributed by atoms with Crippen LogP contribution in [0.5, 0.6) is 0 Å². The van der Waals surface area contributed by atoms with E-state index in [4.69, 9.17) is 0 Å². The molecule has 2 heterocycles. The number of hydrogen-bond acceptors (Lipinski definition) is 2. The molecule has 110 valence electrons. The van der Waals surface area contributed by atoms with Crippen molar-refractivity contribution in [2.45, 2.75) is 32.9 Å². The summed E-state index contributed by atoms with van der Waals surface area (Å²) in [4.78, 5) is 7.74. The van der Waals surface area contributed by atoms with Crippen molar-refractivity contribution in [1.82, 2.24) is 19.9 Å². The Kier molecular flexibility index (Phi) is 4.36. The lowest BCUT2D eigenvalue weighted by Crippen LogP contribution is -2.19. The zero-order valence-corrected chi connectivity index (χ0v) is 12.5. The summed E-state index contributed by atoms with van der Waals surface area (Å²) in [5, 5.41) is 4.82. The lowest BCUT2D eigenvalue weighted by molar-refractivity contribution is 0.589. The summed E-state index contributed by atoms with van der Waals surface area (Å²) in [6, 6.07) is 8.45. The van der Waals surface area contributed by atoms with Crippen LogP contribution in [0.3, 0.4) is 0 Å². The molecule has 0 bridgehead atoms. The van der Waals surface area contributed by atoms with Gasteiger partial charge in [0.25, 0.3) is 0 Å². The monoisotopic (exact) mass is 282 g/mol. The van der Waals surface area contributed by atoms with Gasteiger partial charge in [-0.25, -0.2) is 4.98 Å². The summed E-state index contributed by atoms with van der Waals surface area (Å²) in [5.41, 5.74) is 2.58. The molecule has 3 aromatic rings. The van der Waals surface area contributed by atoms with E-state index in [9.17, 15) is 0 Å². The molecule has 0 aliphatic heterocycles. The minimum atomic E-state index is 0.829. The van der Waals surface area contributed by atoms with Crippen LogP contribution in [0.1, 0.15) is 24.7 Å². The van der Waals surface area contributed by atoms with E-state index >= 15 is 0 Å². The maximum Gasteiger partial charge on any atom is 0.122 e. The van der Waals surface area contributed by atoms with Crippen LogP contribution in [0.2, 0.25) is 0 Å². The summed E-state index contributed by atoms with van der Waals surface area (Å²) < 4.78 is 2.22. The number of nitrogens with one attached hydrogen (secondary N) is 2. The Morgan fingerprint density at radius 2 is 2.19 bits per heavy atom. The number of fused-ring (bicyclic) bond motifs is 1. The molecule has 0 saturated carbocycles. The zero-order valence-electron chi connectivity index (χ0n) is 12.5. The quantitative estimate of drug-likeness (QED) is 0.654. The van der Waals surface area contributed by atoms with Crippen molar-refractivity contribution < 1.29 is 0 Å². The first kappa shape index (κ1) is 13.9. The highest BCUT2D eigenvalue weighted by atomic mass is 15.1. The summed E-state index contributed by atoms with van der Waals surface area (Å²) >= 11 is 0. The molecule has 2 N–H and O–H groups in total. The number of rotatable bonds is 7. The van der Waals surface area contributed by atoms with Gasteiger partial charge in [-0.3, -0.25) is 0 Å². The Morgan fingerprint density at radius 1 is 1.29 bits per heavy atom. The van der Waals surface area contributed by atoms with Crippen molar-refractivity contribution in [3.8, 4) is 0 Å². The Bertz CT molecular complexity index is 695. The van der Waals surface area contributed by atoms with E-state index in [1.165, 1.54) is 16.5 Å². The molecular formula is C17H22N4. The third kappa shape index (κ3) is 3.16. The average Bonchev–Trinajstić information content (AvgIpc) is 3.11. The first-order valence-corrected chi connectivity index (χ1v) is 7.64. The standard InChI is InChI=1S/C17H22N4/c1-2-10-21-11-9-19-17(21)13-18-8-7-14-12-20-16-6-4-3-5-15(14)16/h3-6,9,11-12,18,20H,2,7-8,10,13H2,1H3. The second kappa shape index (κ2) is 6.59. The largest absolute Gasteiger partial charge is 0.361 e. The maximum atomic E-state index is 4.41. The summed E-state index contributed by atoms with van der Waals surface area (Å²) in [7, 11) is 0. The van der Waals surface area contributed by atoms with Crippen molar-refractivity contribution >= 4 is 10.9 Å². The fourth-order valence-electron chi connectivity index (χ4n) is 2.71. The van der Waals surface area contributed by atoms with E-state index in [2.05, 4.69) is 63.4 Å². The zero-order chi connectivity index (χ0) is 14.5. The normalized spacial score (nSPS) is 11.3. The minimum absolute atomic E-state index is 0.829. The third-order valence-corrected chi connectivity index (χ3v) is 3.80. The highest BCUT2D eigenvalue weighted by Crippen LogP contribution is 2.17. The lowest BCUT2D eigenvalue weighted by Gasteiger charge is -2.07. The van der Waals surface area contributed by atoms with E-state index in [-0.39, 0.29) is 0 Å². The smallest absolute Gasteiger partial charge is 0.122 e. The van der Waals surface area contributed by atoms with Crippen molar-refractivity contribution in [2.75, 3.05) is 6.54 Å². The molecule has 0 unspecified atom stereocenters. The number of H-pyrrole nitrogens is 1. The van der Waals surface area contributed by atoms with Gasteiger partial charge in [0.1, 0.15) is 5.82 Å². The highest BCUT2D eigenvalue weighted by Gasteiger charge is 2.04. The van der Waals surface area contributed by atoms with Gasteiger partial charge < -0.3 is 14.9 Å². The lowest BCUT2D eigenvalue weighted by atomic mass is 10.1. The molecule has 2 aromatic heterocycles. The van der Waals surface area contributed by atoms with Crippen LogP contribution >= 0.6 is 0 Å². The molecule has 0 amide bonds. The second-order valence-electron chi connectivity index (χ2n) is 5.32. The van der Waals surface area contributed by atoms with Crippen LogP contribution < -0.4 is 5.32 Å². The minimum Gasteiger partial charge on any atom is -0.361 e. The fourth-order valence-corrected chi connectivity index (χ4v) is 2.71. The first-order chi connectivity index (χ1) is 10.4. The average molecular weight is 282 g/mol. The first-order valence-electron chi connectivity index (χ1n) is 7.64.